The Morgan fingerprint density at radius 1 is 1.06 bits per heavy atom. The highest BCUT2D eigenvalue weighted by atomic mass is 19.1. The molecule has 2 aromatic heterocycles. The molecule has 152 valence electrons. The van der Waals surface area contributed by atoms with E-state index >= 15 is 0 Å². The SMILES string of the molecule is CC(C)(C)n1cnc2ccc(C3=CCc4ncc(-c5ccc(F)c(C#N)c5)nc43)cc21. The molecule has 0 spiro atoms. The highest BCUT2D eigenvalue weighted by Crippen LogP contribution is 2.34. The molecule has 5 rings (SSSR count). The molecule has 4 aromatic rings. The van der Waals surface area contributed by atoms with Gasteiger partial charge in [-0.1, -0.05) is 12.1 Å². The van der Waals surface area contributed by atoms with Crippen LogP contribution >= 0.6 is 0 Å². The van der Waals surface area contributed by atoms with Crippen LogP contribution in [0.4, 0.5) is 4.39 Å². The lowest BCUT2D eigenvalue weighted by molar-refractivity contribution is 0.408. The van der Waals surface area contributed by atoms with E-state index in [1.165, 1.54) is 12.1 Å². The largest absolute Gasteiger partial charge is 0.325 e. The number of nitrogens with zero attached hydrogens (tertiary/aromatic N) is 5. The van der Waals surface area contributed by atoms with Gasteiger partial charge in [0.05, 0.1) is 46.2 Å². The van der Waals surface area contributed by atoms with E-state index in [1.54, 1.807) is 12.3 Å². The maximum Gasteiger partial charge on any atom is 0.140 e. The number of fused-ring (bicyclic) bond motifs is 2. The molecule has 0 unspecified atom stereocenters. The van der Waals surface area contributed by atoms with Gasteiger partial charge in [0.15, 0.2) is 0 Å². The van der Waals surface area contributed by atoms with Gasteiger partial charge in [-0.15, -0.1) is 0 Å². The molecule has 6 heteroatoms. The number of halogens is 1. The van der Waals surface area contributed by atoms with Crippen molar-refractivity contribution in [2.75, 3.05) is 0 Å². The fourth-order valence-corrected chi connectivity index (χ4v) is 3.95. The molecule has 1 aliphatic rings. The van der Waals surface area contributed by atoms with Gasteiger partial charge in [-0.25, -0.2) is 14.4 Å². The highest BCUT2D eigenvalue weighted by Gasteiger charge is 2.22. The van der Waals surface area contributed by atoms with E-state index in [2.05, 4.69) is 53.5 Å². The zero-order valence-electron chi connectivity index (χ0n) is 17.5. The molecule has 2 aromatic carbocycles. The van der Waals surface area contributed by atoms with Crippen LogP contribution in [0.1, 0.15) is 43.3 Å². The number of hydrogen-bond donors (Lipinski definition) is 0. The van der Waals surface area contributed by atoms with Gasteiger partial charge in [0.1, 0.15) is 11.9 Å². The Hall–Kier alpha value is -3.85. The first-order valence-electron chi connectivity index (χ1n) is 10.1. The van der Waals surface area contributed by atoms with Crippen LogP contribution in [0.2, 0.25) is 0 Å². The van der Waals surface area contributed by atoms with Crippen LogP contribution in [-0.4, -0.2) is 19.5 Å². The van der Waals surface area contributed by atoms with E-state index in [9.17, 15) is 4.39 Å². The lowest BCUT2D eigenvalue weighted by Gasteiger charge is -2.22. The smallest absolute Gasteiger partial charge is 0.140 e. The van der Waals surface area contributed by atoms with E-state index in [0.29, 0.717) is 17.7 Å². The molecule has 0 saturated carbocycles. The van der Waals surface area contributed by atoms with Crippen LogP contribution in [0, 0.1) is 17.1 Å². The lowest BCUT2D eigenvalue weighted by Crippen LogP contribution is -2.20. The summed E-state index contributed by atoms with van der Waals surface area (Å²) in [5.74, 6) is -0.537. The molecule has 1 aliphatic carbocycles. The van der Waals surface area contributed by atoms with Crippen LogP contribution in [0.5, 0.6) is 0 Å². The predicted octanol–water partition coefficient (Wildman–Crippen LogP) is 5.25. The van der Waals surface area contributed by atoms with Gasteiger partial charge in [0.2, 0.25) is 0 Å². The number of nitriles is 1. The van der Waals surface area contributed by atoms with E-state index in [-0.39, 0.29) is 11.1 Å². The van der Waals surface area contributed by atoms with Gasteiger partial charge in [0.25, 0.3) is 0 Å². The molecular formula is C25H20FN5. The lowest BCUT2D eigenvalue weighted by atomic mass is 10.0. The third kappa shape index (κ3) is 3.19. The summed E-state index contributed by atoms with van der Waals surface area (Å²) in [4.78, 5) is 14.0. The molecule has 2 heterocycles. The molecular weight excluding hydrogens is 389 g/mol. The Bertz CT molecular complexity index is 1420. The Morgan fingerprint density at radius 3 is 2.65 bits per heavy atom. The summed E-state index contributed by atoms with van der Waals surface area (Å²) in [5, 5.41) is 9.14. The molecule has 0 amide bonds. The summed E-state index contributed by atoms with van der Waals surface area (Å²) in [6.07, 6.45) is 6.41. The summed E-state index contributed by atoms with van der Waals surface area (Å²) >= 11 is 0. The molecule has 31 heavy (non-hydrogen) atoms. The third-order valence-corrected chi connectivity index (χ3v) is 5.57. The quantitative estimate of drug-likeness (QED) is 0.454. The molecule has 5 nitrogen and oxygen atoms in total. The Kier molecular flexibility index (Phi) is 4.23. The standard InChI is InChI=1S/C25H20FN5/c1-25(2,3)31-14-29-20-8-5-15(11-23(20)31)18-6-9-21-24(18)30-22(13-28-21)16-4-7-19(26)17(10-16)12-27/h4-8,10-11,13-14H,9H2,1-3H3. The summed E-state index contributed by atoms with van der Waals surface area (Å²) in [7, 11) is 0. The topological polar surface area (TPSA) is 67.4 Å². The van der Waals surface area contributed by atoms with E-state index in [4.69, 9.17) is 10.2 Å². The van der Waals surface area contributed by atoms with Gasteiger partial charge < -0.3 is 4.57 Å². The van der Waals surface area contributed by atoms with Gasteiger partial charge in [-0.05, 0) is 56.7 Å². The first-order chi connectivity index (χ1) is 14.8. The van der Waals surface area contributed by atoms with Crippen LogP contribution in [0.3, 0.4) is 0 Å². The monoisotopic (exact) mass is 409 g/mol. The number of imidazole rings is 1. The Balaban J connectivity index is 1.60. The van der Waals surface area contributed by atoms with E-state index < -0.39 is 5.82 Å². The zero-order valence-corrected chi connectivity index (χ0v) is 17.5. The molecule has 0 fully saturated rings. The minimum Gasteiger partial charge on any atom is -0.325 e. The maximum atomic E-state index is 13.7. The van der Waals surface area contributed by atoms with Gasteiger partial charge in [-0.2, -0.15) is 5.26 Å². The number of rotatable bonds is 2. The minimum absolute atomic E-state index is 0.00328. The van der Waals surface area contributed by atoms with Crippen molar-refractivity contribution in [2.45, 2.75) is 32.7 Å². The summed E-state index contributed by atoms with van der Waals surface area (Å²) in [5.41, 5.74) is 7.03. The van der Waals surface area contributed by atoms with Crippen molar-refractivity contribution in [1.82, 2.24) is 19.5 Å². The maximum absolute atomic E-state index is 13.7. The first kappa shape index (κ1) is 19.1. The molecule has 0 atom stereocenters. The van der Waals surface area contributed by atoms with Crippen molar-refractivity contribution in [3.63, 3.8) is 0 Å². The Morgan fingerprint density at radius 2 is 1.87 bits per heavy atom. The van der Waals surface area contributed by atoms with Gasteiger partial charge in [0, 0.05) is 23.1 Å². The fourth-order valence-electron chi connectivity index (χ4n) is 3.95. The number of benzene rings is 2. The number of hydrogen-bond acceptors (Lipinski definition) is 4. The normalized spacial score (nSPS) is 13.2. The third-order valence-electron chi connectivity index (χ3n) is 5.57. The zero-order chi connectivity index (χ0) is 21.8. The molecule has 0 bridgehead atoms. The van der Waals surface area contributed by atoms with E-state index in [0.717, 1.165) is 33.6 Å². The molecule has 0 radical (unpaired) electrons. The Labute approximate surface area is 179 Å². The van der Waals surface area contributed by atoms with Crippen molar-refractivity contribution in [2.24, 2.45) is 0 Å². The molecule has 0 saturated heterocycles. The van der Waals surface area contributed by atoms with Crippen LogP contribution < -0.4 is 0 Å². The first-order valence-corrected chi connectivity index (χ1v) is 10.1. The van der Waals surface area contributed by atoms with Gasteiger partial charge >= 0.3 is 0 Å². The number of allylic oxidation sites excluding steroid dienone is 1. The van der Waals surface area contributed by atoms with Crippen LogP contribution in [-0.2, 0) is 12.0 Å². The van der Waals surface area contributed by atoms with Crippen molar-refractivity contribution in [1.29, 1.82) is 5.26 Å². The van der Waals surface area contributed by atoms with Crippen molar-refractivity contribution < 1.29 is 4.39 Å². The summed E-state index contributed by atoms with van der Waals surface area (Å²) in [6.45, 7) is 6.46. The van der Waals surface area contributed by atoms with Crippen LogP contribution in [0.15, 0.2) is 55.0 Å². The number of aromatic nitrogens is 4. The average molecular weight is 409 g/mol. The second-order valence-corrected chi connectivity index (χ2v) is 8.67. The van der Waals surface area contributed by atoms with Crippen molar-refractivity contribution >= 4 is 16.6 Å². The van der Waals surface area contributed by atoms with Crippen LogP contribution in [0.25, 0.3) is 27.9 Å². The van der Waals surface area contributed by atoms with Crippen molar-refractivity contribution in [3.05, 3.63) is 83.3 Å². The van der Waals surface area contributed by atoms with E-state index in [1.807, 2.05) is 18.5 Å². The summed E-state index contributed by atoms with van der Waals surface area (Å²) in [6, 6.07) is 12.5. The van der Waals surface area contributed by atoms with Crippen molar-refractivity contribution in [3.8, 4) is 17.3 Å². The predicted molar refractivity (Wildman–Crippen MR) is 118 cm³/mol. The van der Waals surface area contributed by atoms with Gasteiger partial charge in [-0.3, -0.25) is 4.98 Å². The second kappa shape index (κ2) is 6.85. The fraction of sp³-hybridized carbons (Fsp3) is 0.200. The second-order valence-electron chi connectivity index (χ2n) is 8.67. The summed E-state index contributed by atoms with van der Waals surface area (Å²) < 4.78 is 15.9. The highest BCUT2D eigenvalue weighted by molar-refractivity contribution is 5.88. The average Bonchev–Trinajstić information content (AvgIpc) is 3.37. The minimum atomic E-state index is -0.537. The molecule has 0 aliphatic heterocycles. The molecule has 0 N–H and O–H groups in total.